The molecule has 0 aliphatic heterocycles. The fourth-order valence-electron chi connectivity index (χ4n) is 1.41. The molecule has 0 fully saturated rings. The summed E-state index contributed by atoms with van der Waals surface area (Å²) >= 11 is 0. The summed E-state index contributed by atoms with van der Waals surface area (Å²) in [5, 5.41) is 11.6. The van der Waals surface area contributed by atoms with Crippen molar-refractivity contribution in [1.29, 1.82) is 5.26 Å². The van der Waals surface area contributed by atoms with Crippen LogP contribution in [0.2, 0.25) is 0 Å². The molecule has 0 saturated carbocycles. The molecule has 1 unspecified atom stereocenters. The topological polar surface area (TPSA) is 56.1 Å². The third-order valence-corrected chi connectivity index (χ3v) is 2.40. The Hall–Kier alpha value is -1.08. The zero-order valence-electron chi connectivity index (χ0n) is 10.8. The Morgan fingerprint density at radius 2 is 2.06 bits per heavy atom. The van der Waals surface area contributed by atoms with Crippen molar-refractivity contribution in [2.75, 3.05) is 19.6 Å². The van der Waals surface area contributed by atoms with Crippen LogP contribution in [-0.2, 0) is 4.79 Å². The molecule has 0 heterocycles. The molecule has 0 aromatic rings. The van der Waals surface area contributed by atoms with E-state index in [0.29, 0.717) is 19.0 Å². The van der Waals surface area contributed by atoms with Gasteiger partial charge in [0, 0.05) is 6.54 Å². The molecule has 0 saturated heterocycles. The predicted octanol–water partition coefficient (Wildman–Crippen LogP) is 1.38. The van der Waals surface area contributed by atoms with Gasteiger partial charge in [0.1, 0.15) is 0 Å². The maximum absolute atomic E-state index is 11.8. The molecule has 0 aliphatic rings. The van der Waals surface area contributed by atoms with Crippen LogP contribution in [0.4, 0.5) is 0 Å². The molecular formula is C12H23N3O. The summed E-state index contributed by atoms with van der Waals surface area (Å²) in [7, 11) is 0. The standard InChI is InChI=1S/C12H23N3O/c1-5-7-15(8-6-13)11(4)12(16)14-9-10(2)3/h10-11H,5,7-9H2,1-4H3,(H,14,16). The molecule has 0 spiro atoms. The summed E-state index contributed by atoms with van der Waals surface area (Å²) in [5.41, 5.74) is 0. The highest BCUT2D eigenvalue weighted by molar-refractivity contribution is 5.81. The van der Waals surface area contributed by atoms with Gasteiger partial charge in [0.2, 0.25) is 5.91 Å². The lowest BCUT2D eigenvalue weighted by Gasteiger charge is -2.25. The summed E-state index contributed by atoms with van der Waals surface area (Å²) in [6, 6.07) is 1.88. The van der Waals surface area contributed by atoms with E-state index in [1.54, 1.807) is 0 Å². The molecule has 4 nitrogen and oxygen atoms in total. The van der Waals surface area contributed by atoms with Crippen LogP contribution >= 0.6 is 0 Å². The second kappa shape index (κ2) is 8.12. The molecule has 0 bridgehead atoms. The maximum Gasteiger partial charge on any atom is 0.237 e. The number of carbonyl (C=O) groups excluding carboxylic acids is 1. The van der Waals surface area contributed by atoms with Crippen LogP contribution in [0.25, 0.3) is 0 Å². The summed E-state index contributed by atoms with van der Waals surface area (Å²) in [4.78, 5) is 13.7. The first-order chi connectivity index (χ1) is 7.52. The average molecular weight is 225 g/mol. The first-order valence-electron chi connectivity index (χ1n) is 5.91. The van der Waals surface area contributed by atoms with Crippen molar-refractivity contribution in [3.63, 3.8) is 0 Å². The highest BCUT2D eigenvalue weighted by atomic mass is 16.2. The van der Waals surface area contributed by atoms with E-state index in [4.69, 9.17) is 5.26 Å². The zero-order valence-corrected chi connectivity index (χ0v) is 10.8. The van der Waals surface area contributed by atoms with E-state index in [9.17, 15) is 4.79 Å². The quantitative estimate of drug-likeness (QED) is 0.666. The lowest BCUT2D eigenvalue weighted by atomic mass is 10.2. The van der Waals surface area contributed by atoms with Crippen LogP contribution < -0.4 is 5.32 Å². The van der Waals surface area contributed by atoms with E-state index < -0.39 is 0 Å². The molecule has 16 heavy (non-hydrogen) atoms. The monoisotopic (exact) mass is 225 g/mol. The minimum absolute atomic E-state index is 0.0115. The van der Waals surface area contributed by atoms with Gasteiger partial charge in [-0.3, -0.25) is 9.69 Å². The number of carbonyl (C=O) groups is 1. The van der Waals surface area contributed by atoms with Crippen molar-refractivity contribution >= 4 is 5.91 Å². The Balaban J connectivity index is 4.20. The highest BCUT2D eigenvalue weighted by Gasteiger charge is 2.19. The number of hydrogen-bond donors (Lipinski definition) is 1. The smallest absolute Gasteiger partial charge is 0.237 e. The van der Waals surface area contributed by atoms with Gasteiger partial charge < -0.3 is 5.32 Å². The fourth-order valence-corrected chi connectivity index (χ4v) is 1.41. The van der Waals surface area contributed by atoms with Crippen molar-refractivity contribution < 1.29 is 4.79 Å². The summed E-state index contributed by atoms with van der Waals surface area (Å²) < 4.78 is 0. The normalized spacial score (nSPS) is 12.6. The molecule has 0 aromatic carbocycles. The van der Waals surface area contributed by atoms with Gasteiger partial charge in [-0.25, -0.2) is 0 Å². The van der Waals surface area contributed by atoms with Gasteiger partial charge in [-0.15, -0.1) is 0 Å². The van der Waals surface area contributed by atoms with E-state index in [1.165, 1.54) is 0 Å². The zero-order chi connectivity index (χ0) is 12.6. The van der Waals surface area contributed by atoms with Gasteiger partial charge in [-0.2, -0.15) is 5.26 Å². The molecule has 4 heteroatoms. The number of nitriles is 1. The Bertz CT molecular complexity index is 245. The lowest BCUT2D eigenvalue weighted by Crippen LogP contribution is -2.46. The number of rotatable bonds is 7. The molecule has 0 radical (unpaired) electrons. The van der Waals surface area contributed by atoms with Crippen LogP contribution in [0.3, 0.4) is 0 Å². The molecular weight excluding hydrogens is 202 g/mol. The summed E-state index contributed by atoms with van der Waals surface area (Å²) in [5.74, 6) is 0.462. The van der Waals surface area contributed by atoms with Crippen molar-refractivity contribution in [2.45, 2.75) is 40.2 Å². The van der Waals surface area contributed by atoms with Crippen LogP contribution in [0.5, 0.6) is 0 Å². The highest BCUT2D eigenvalue weighted by Crippen LogP contribution is 2.00. The van der Waals surface area contributed by atoms with Crippen molar-refractivity contribution in [1.82, 2.24) is 10.2 Å². The Kier molecular flexibility index (Phi) is 7.57. The predicted molar refractivity (Wildman–Crippen MR) is 64.8 cm³/mol. The lowest BCUT2D eigenvalue weighted by molar-refractivity contribution is -0.125. The van der Waals surface area contributed by atoms with E-state index in [0.717, 1.165) is 13.0 Å². The first kappa shape index (κ1) is 14.9. The fraction of sp³-hybridized carbons (Fsp3) is 0.833. The van der Waals surface area contributed by atoms with E-state index in [1.807, 2.05) is 18.7 Å². The molecule has 1 N–H and O–H groups in total. The van der Waals surface area contributed by atoms with Crippen molar-refractivity contribution in [2.24, 2.45) is 5.92 Å². The van der Waals surface area contributed by atoms with E-state index in [2.05, 4.69) is 25.2 Å². The van der Waals surface area contributed by atoms with Crippen molar-refractivity contribution in [3.05, 3.63) is 0 Å². The third kappa shape index (κ3) is 5.72. The number of nitrogens with zero attached hydrogens (tertiary/aromatic N) is 2. The molecule has 0 aliphatic carbocycles. The van der Waals surface area contributed by atoms with Crippen LogP contribution in [0, 0.1) is 17.2 Å². The average Bonchev–Trinajstić information content (AvgIpc) is 2.24. The number of hydrogen-bond acceptors (Lipinski definition) is 3. The molecule has 92 valence electrons. The van der Waals surface area contributed by atoms with Crippen molar-refractivity contribution in [3.8, 4) is 6.07 Å². The third-order valence-electron chi connectivity index (χ3n) is 2.40. The SMILES string of the molecule is CCCN(CC#N)C(C)C(=O)NCC(C)C. The molecule has 1 amide bonds. The van der Waals surface area contributed by atoms with Gasteiger partial charge in [0.25, 0.3) is 0 Å². The minimum Gasteiger partial charge on any atom is -0.354 e. The number of amides is 1. The van der Waals surface area contributed by atoms with Crippen LogP contribution in [-0.4, -0.2) is 36.5 Å². The van der Waals surface area contributed by atoms with Gasteiger partial charge in [0.05, 0.1) is 18.7 Å². The second-order valence-corrected chi connectivity index (χ2v) is 4.44. The second-order valence-electron chi connectivity index (χ2n) is 4.44. The van der Waals surface area contributed by atoms with E-state index >= 15 is 0 Å². The van der Waals surface area contributed by atoms with Gasteiger partial charge in [-0.1, -0.05) is 20.8 Å². The molecule has 0 rings (SSSR count). The number of nitrogens with one attached hydrogen (secondary N) is 1. The first-order valence-corrected chi connectivity index (χ1v) is 5.91. The van der Waals surface area contributed by atoms with Gasteiger partial charge in [0.15, 0.2) is 0 Å². The summed E-state index contributed by atoms with van der Waals surface area (Å²) in [6.07, 6.45) is 0.948. The van der Waals surface area contributed by atoms with E-state index in [-0.39, 0.29) is 11.9 Å². The Morgan fingerprint density at radius 1 is 1.44 bits per heavy atom. The minimum atomic E-state index is -0.224. The van der Waals surface area contributed by atoms with Gasteiger partial charge in [-0.05, 0) is 25.8 Å². The Labute approximate surface area is 98.6 Å². The van der Waals surface area contributed by atoms with Gasteiger partial charge >= 0.3 is 0 Å². The Morgan fingerprint density at radius 3 is 2.50 bits per heavy atom. The van der Waals surface area contributed by atoms with Crippen LogP contribution in [0.1, 0.15) is 34.1 Å². The molecule has 1 atom stereocenters. The largest absolute Gasteiger partial charge is 0.354 e. The summed E-state index contributed by atoms with van der Waals surface area (Å²) in [6.45, 7) is 9.80. The van der Waals surface area contributed by atoms with Crippen LogP contribution in [0.15, 0.2) is 0 Å². The maximum atomic E-state index is 11.8. The molecule has 0 aromatic heterocycles.